The zero-order valence-corrected chi connectivity index (χ0v) is 21.2. The predicted molar refractivity (Wildman–Crippen MR) is 138 cm³/mol. The number of rotatable bonds is 10. The molecule has 1 N–H and O–H groups in total. The molecule has 0 saturated heterocycles. The number of aromatic nitrogens is 3. The largest absolute Gasteiger partial charge is 0.383 e. The predicted octanol–water partition coefficient (Wildman–Crippen LogP) is 5.81. The Morgan fingerprint density at radius 1 is 1.29 bits per heavy atom. The number of methoxy groups -OCH3 is 1. The number of ether oxygens (including phenoxy) is 1. The Hall–Kier alpha value is -2.77. The first kappa shape index (κ1) is 24.4. The van der Waals surface area contributed by atoms with Crippen LogP contribution in [0.15, 0.2) is 41.4 Å². The summed E-state index contributed by atoms with van der Waals surface area (Å²) in [5, 5.41) is 6.04. The minimum absolute atomic E-state index is 0.0661. The van der Waals surface area contributed by atoms with Crippen molar-refractivity contribution in [3.8, 4) is 22.0 Å². The van der Waals surface area contributed by atoms with Crippen LogP contribution >= 0.6 is 11.3 Å². The lowest BCUT2D eigenvalue weighted by Gasteiger charge is -2.15. The molecule has 4 rings (SSSR count). The van der Waals surface area contributed by atoms with E-state index in [0.29, 0.717) is 18.7 Å². The second kappa shape index (κ2) is 11.6. The first-order valence-corrected chi connectivity index (χ1v) is 13.0. The molecule has 34 heavy (non-hydrogen) atoms. The molecule has 0 fully saturated rings. The molecule has 3 heterocycles. The van der Waals surface area contributed by atoms with Gasteiger partial charge in [0.1, 0.15) is 5.01 Å². The molecule has 0 saturated carbocycles. The van der Waals surface area contributed by atoms with Gasteiger partial charge in [-0.1, -0.05) is 18.6 Å². The molecule has 0 aromatic carbocycles. The van der Waals surface area contributed by atoms with Gasteiger partial charge in [0, 0.05) is 48.7 Å². The van der Waals surface area contributed by atoms with E-state index >= 15 is 0 Å². The first-order valence-electron chi connectivity index (χ1n) is 12.2. The molecule has 0 aliphatic heterocycles. The summed E-state index contributed by atoms with van der Waals surface area (Å²) >= 11 is 1.63. The Bertz CT molecular complexity index is 1160. The van der Waals surface area contributed by atoms with E-state index in [1.54, 1.807) is 18.4 Å². The van der Waals surface area contributed by atoms with Gasteiger partial charge in [0.2, 0.25) is 0 Å². The van der Waals surface area contributed by atoms with Crippen molar-refractivity contribution in [2.75, 3.05) is 20.3 Å². The molecule has 180 valence electrons. The van der Waals surface area contributed by atoms with Crippen LogP contribution in [0.1, 0.15) is 60.8 Å². The lowest BCUT2D eigenvalue weighted by atomic mass is 9.97. The van der Waals surface area contributed by atoms with Crippen molar-refractivity contribution in [1.29, 1.82) is 0 Å². The van der Waals surface area contributed by atoms with Gasteiger partial charge in [-0.15, -0.1) is 11.3 Å². The minimum atomic E-state index is -0.0661. The van der Waals surface area contributed by atoms with E-state index < -0.39 is 0 Å². The van der Waals surface area contributed by atoms with Crippen molar-refractivity contribution < 1.29 is 9.53 Å². The Balaban J connectivity index is 1.65. The fraction of sp³-hybridized carbons (Fsp3) is 0.444. The van der Waals surface area contributed by atoms with Gasteiger partial charge in [0.25, 0.3) is 5.91 Å². The minimum Gasteiger partial charge on any atom is -0.383 e. The van der Waals surface area contributed by atoms with Crippen molar-refractivity contribution in [1.82, 2.24) is 19.9 Å². The van der Waals surface area contributed by atoms with Gasteiger partial charge in [0.05, 0.1) is 23.6 Å². The number of nitrogens with zero attached hydrogens (tertiary/aromatic N) is 3. The average molecular weight is 479 g/mol. The van der Waals surface area contributed by atoms with Gasteiger partial charge in [-0.2, -0.15) is 0 Å². The van der Waals surface area contributed by atoms with Gasteiger partial charge >= 0.3 is 0 Å². The number of allylic oxidation sites excluding steroid dienone is 2. The lowest BCUT2D eigenvalue weighted by Crippen LogP contribution is -2.27. The molecule has 0 unspecified atom stereocenters. The number of carbonyl (C=O) groups is 1. The maximum Gasteiger partial charge on any atom is 0.253 e. The molecule has 0 bridgehead atoms. The van der Waals surface area contributed by atoms with Crippen molar-refractivity contribution >= 4 is 17.2 Å². The second-order valence-electron chi connectivity index (χ2n) is 8.71. The summed E-state index contributed by atoms with van der Waals surface area (Å²) in [5.41, 5.74) is 7.26. The third kappa shape index (κ3) is 5.65. The molecule has 0 radical (unpaired) electrons. The number of hydrogen-bond donors (Lipinski definition) is 1. The fourth-order valence-electron chi connectivity index (χ4n) is 4.45. The van der Waals surface area contributed by atoms with E-state index in [2.05, 4.69) is 39.3 Å². The topological polar surface area (TPSA) is 69.0 Å². The van der Waals surface area contributed by atoms with Crippen molar-refractivity contribution in [2.45, 2.75) is 58.9 Å². The molecule has 3 aromatic rings. The number of thiazole rings is 1. The van der Waals surface area contributed by atoms with Gasteiger partial charge in [-0.05, 0) is 63.6 Å². The summed E-state index contributed by atoms with van der Waals surface area (Å²) in [7, 11) is 1.64. The van der Waals surface area contributed by atoms with E-state index in [-0.39, 0.29) is 5.91 Å². The van der Waals surface area contributed by atoms with E-state index in [9.17, 15) is 4.79 Å². The number of amides is 1. The van der Waals surface area contributed by atoms with Crippen LogP contribution in [0.4, 0.5) is 0 Å². The summed E-state index contributed by atoms with van der Waals surface area (Å²) in [6.07, 6.45) is 11.1. The van der Waals surface area contributed by atoms with Gasteiger partial charge in [0.15, 0.2) is 0 Å². The Kier molecular flexibility index (Phi) is 8.29. The zero-order chi connectivity index (χ0) is 23.9. The third-order valence-corrected chi connectivity index (χ3v) is 7.33. The van der Waals surface area contributed by atoms with E-state index in [1.165, 1.54) is 31.3 Å². The second-order valence-corrected chi connectivity index (χ2v) is 9.57. The third-order valence-electron chi connectivity index (χ3n) is 6.44. The van der Waals surface area contributed by atoms with Crippen molar-refractivity contribution in [3.63, 3.8) is 0 Å². The SMILES string of the molecule is CCc1cc(-c2nc(-c3cc(C(=O)NCCOC)c(C)n3CCC3=CCCCC3)cs2)ccn1. The van der Waals surface area contributed by atoms with Crippen LogP contribution in [0.5, 0.6) is 0 Å². The Morgan fingerprint density at radius 3 is 2.94 bits per heavy atom. The van der Waals surface area contributed by atoms with E-state index in [0.717, 1.165) is 52.7 Å². The molecule has 0 atom stereocenters. The summed E-state index contributed by atoms with van der Waals surface area (Å²) in [6, 6.07) is 6.11. The van der Waals surface area contributed by atoms with Crippen LogP contribution in [-0.2, 0) is 17.7 Å². The molecule has 1 amide bonds. The highest BCUT2D eigenvalue weighted by Crippen LogP contribution is 2.32. The summed E-state index contributed by atoms with van der Waals surface area (Å²) < 4.78 is 7.35. The smallest absolute Gasteiger partial charge is 0.253 e. The number of nitrogens with one attached hydrogen (secondary N) is 1. The number of aryl methyl sites for hydroxylation is 1. The summed E-state index contributed by atoms with van der Waals surface area (Å²) in [5.74, 6) is -0.0661. The summed E-state index contributed by atoms with van der Waals surface area (Å²) in [6.45, 7) is 5.97. The highest BCUT2D eigenvalue weighted by atomic mass is 32.1. The lowest BCUT2D eigenvalue weighted by molar-refractivity contribution is 0.0936. The van der Waals surface area contributed by atoms with Crippen molar-refractivity contribution in [2.24, 2.45) is 0 Å². The normalized spacial score (nSPS) is 13.7. The zero-order valence-electron chi connectivity index (χ0n) is 20.4. The first-order chi connectivity index (χ1) is 16.6. The fourth-order valence-corrected chi connectivity index (χ4v) is 5.26. The maximum absolute atomic E-state index is 12.9. The Morgan fingerprint density at radius 2 is 2.18 bits per heavy atom. The molecule has 6 nitrogen and oxygen atoms in total. The van der Waals surface area contributed by atoms with Crippen LogP contribution in [0.25, 0.3) is 22.0 Å². The maximum atomic E-state index is 12.9. The Labute approximate surface area is 206 Å². The van der Waals surface area contributed by atoms with E-state index in [1.807, 2.05) is 25.3 Å². The monoisotopic (exact) mass is 478 g/mol. The molecule has 7 heteroatoms. The van der Waals surface area contributed by atoms with E-state index in [4.69, 9.17) is 9.72 Å². The number of carbonyl (C=O) groups excluding carboxylic acids is 1. The number of hydrogen-bond acceptors (Lipinski definition) is 5. The highest BCUT2D eigenvalue weighted by molar-refractivity contribution is 7.13. The molecular weight excluding hydrogens is 444 g/mol. The van der Waals surface area contributed by atoms with Crippen LogP contribution < -0.4 is 5.32 Å². The highest BCUT2D eigenvalue weighted by Gasteiger charge is 2.20. The average Bonchev–Trinajstić information content (AvgIpc) is 3.48. The van der Waals surface area contributed by atoms with Gasteiger partial charge in [-0.3, -0.25) is 9.78 Å². The quantitative estimate of drug-likeness (QED) is 0.295. The van der Waals surface area contributed by atoms with Crippen LogP contribution in [0.3, 0.4) is 0 Å². The molecule has 1 aliphatic carbocycles. The van der Waals surface area contributed by atoms with Crippen LogP contribution in [0, 0.1) is 6.92 Å². The summed E-state index contributed by atoms with van der Waals surface area (Å²) in [4.78, 5) is 22.3. The molecule has 0 spiro atoms. The van der Waals surface area contributed by atoms with Crippen molar-refractivity contribution in [3.05, 3.63) is 58.4 Å². The van der Waals surface area contributed by atoms with Gasteiger partial charge in [-0.25, -0.2) is 4.98 Å². The molecular formula is C27H34N4O2S. The standard InChI is InChI=1S/C27H34N4O2S/c1-4-22-16-21(10-12-28-22)27-30-24(18-34-27)25-17-23(26(32)29-13-15-33-3)19(2)31(25)14-11-20-8-6-5-7-9-20/h8,10,12,16-18H,4-7,9,11,13-15H2,1-3H3,(H,29,32). The molecule has 3 aromatic heterocycles. The van der Waals surface area contributed by atoms with Crippen LogP contribution in [0.2, 0.25) is 0 Å². The van der Waals surface area contributed by atoms with Gasteiger partial charge < -0.3 is 14.6 Å². The number of pyridine rings is 1. The molecule has 1 aliphatic rings. The van der Waals surface area contributed by atoms with Crippen LogP contribution in [-0.4, -0.2) is 40.7 Å².